The van der Waals surface area contributed by atoms with Crippen molar-refractivity contribution in [2.24, 2.45) is 17.1 Å². The third-order valence-electron chi connectivity index (χ3n) is 5.15. The highest BCUT2D eigenvalue weighted by Gasteiger charge is 2.33. The van der Waals surface area contributed by atoms with Crippen LogP contribution in [-0.2, 0) is 12.8 Å². The van der Waals surface area contributed by atoms with Crippen molar-refractivity contribution in [3.8, 4) is 0 Å². The Labute approximate surface area is 166 Å². The Morgan fingerprint density at radius 2 is 2.00 bits per heavy atom. The van der Waals surface area contributed by atoms with E-state index >= 15 is 0 Å². The molecule has 4 nitrogen and oxygen atoms in total. The summed E-state index contributed by atoms with van der Waals surface area (Å²) < 4.78 is 14.0. The van der Waals surface area contributed by atoms with Crippen molar-refractivity contribution in [1.29, 1.82) is 0 Å². The van der Waals surface area contributed by atoms with Gasteiger partial charge in [-0.1, -0.05) is 38.4 Å². The molecule has 1 atom stereocenters. The minimum absolute atomic E-state index is 0.0160. The minimum Gasteiger partial charge on any atom is -0.365 e. The van der Waals surface area contributed by atoms with Crippen LogP contribution in [0.2, 0.25) is 5.02 Å². The maximum absolute atomic E-state index is 14.0. The lowest BCUT2D eigenvalue weighted by Gasteiger charge is -2.33. The van der Waals surface area contributed by atoms with Crippen LogP contribution in [-0.4, -0.2) is 11.8 Å². The highest BCUT2D eigenvalue weighted by Crippen LogP contribution is 2.44. The summed E-state index contributed by atoms with van der Waals surface area (Å²) in [5.41, 5.74) is 6.75. The largest absolute Gasteiger partial charge is 0.365 e. The predicted octanol–water partition coefficient (Wildman–Crippen LogP) is 5.04. The molecule has 1 unspecified atom stereocenters. The van der Waals surface area contributed by atoms with E-state index in [0.717, 1.165) is 29.7 Å². The number of nitrogens with one attached hydrogen (secondary N) is 1. The average Bonchev–Trinajstić information content (AvgIpc) is 2.90. The van der Waals surface area contributed by atoms with Gasteiger partial charge >= 0.3 is 0 Å². The standard InChI is InChI=1S/C20H22ClFN2O2S/c1-20(2,3)10-7-8-11-14(9-10)27-19(15(11)17(23)25)24-18(26)16-12(21)5-4-6-13(16)22/h4-6,10H,7-9H2,1-3H3,(H2,23,25)(H,24,26). The molecule has 0 spiro atoms. The summed E-state index contributed by atoms with van der Waals surface area (Å²) in [7, 11) is 0. The molecule has 3 rings (SSSR count). The van der Waals surface area contributed by atoms with Crippen LogP contribution in [0.1, 0.15) is 58.3 Å². The van der Waals surface area contributed by atoms with Gasteiger partial charge in [-0.2, -0.15) is 0 Å². The topological polar surface area (TPSA) is 72.2 Å². The Balaban J connectivity index is 1.96. The molecule has 1 aliphatic rings. The first-order chi connectivity index (χ1) is 12.6. The van der Waals surface area contributed by atoms with Gasteiger partial charge in [0.15, 0.2) is 0 Å². The third-order valence-corrected chi connectivity index (χ3v) is 6.64. The second-order valence-electron chi connectivity index (χ2n) is 7.93. The van der Waals surface area contributed by atoms with Crippen molar-refractivity contribution in [2.45, 2.75) is 40.0 Å². The van der Waals surface area contributed by atoms with E-state index in [2.05, 4.69) is 26.1 Å². The number of fused-ring (bicyclic) bond motifs is 1. The summed E-state index contributed by atoms with van der Waals surface area (Å²) in [4.78, 5) is 25.7. The second-order valence-corrected chi connectivity index (χ2v) is 9.44. The Bertz CT molecular complexity index is 897. The maximum atomic E-state index is 14.0. The fraction of sp³-hybridized carbons (Fsp3) is 0.400. The van der Waals surface area contributed by atoms with Gasteiger partial charge in [0.25, 0.3) is 11.8 Å². The van der Waals surface area contributed by atoms with Crippen LogP contribution < -0.4 is 11.1 Å². The normalized spacial score (nSPS) is 16.7. The van der Waals surface area contributed by atoms with Crippen LogP contribution in [0, 0.1) is 17.2 Å². The number of primary amides is 1. The molecule has 144 valence electrons. The summed E-state index contributed by atoms with van der Waals surface area (Å²) >= 11 is 7.32. The number of hydrogen-bond acceptors (Lipinski definition) is 3. The highest BCUT2D eigenvalue weighted by molar-refractivity contribution is 7.17. The Hall–Kier alpha value is -1.92. The zero-order valence-corrected chi connectivity index (χ0v) is 17.1. The van der Waals surface area contributed by atoms with Crippen molar-refractivity contribution in [1.82, 2.24) is 0 Å². The minimum atomic E-state index is -0.713. The molecule has 7 heteroatoms. The number of hydrogen-bond donors (Lipinski definition) is 2. The van der Waals surface area contributed by atoms with E-state index in [0.29, 0.717) is 16.5 Å². The zero-order valence-electron chi connectivity index (χ0n) is 15.5. The molecule has 2 aromatic rings. The molecule has 1 heterocycles. The van der Waals surface area contributed by atoms with Gasteiger partial charge < -0.3 is 11.1 Å². The number of benzene rings is 1. The predicted molar refractivity (Wildman–Crippen MR) is 107 cm³/mol. The first-order valence-electron chi connectivity index (χ1n) is 8.79. The Morgan fingerprint density at radius 1 is 1.30 bits per heavy atom. The van der Waals surface area contributed by atoms with Crippen LogP contribution in [0.5, 0.6) is 0 Å². The first kappa shape index (κ1) is 19.8. The van der Waals surface area contributed by atoms with Crippen LogP contribution in [0.25, 0.3) is 0 Å². The van der Waals surface area contributed by atoms with Gasteiger partial charge in [-0.25, -0.2) is 4.39 Å². The molecule has 27 heavy (non-hydrogen) atoms. The number of nitrogens with two attached hydrogens (primary N) is 1. The van der Waals surface area contributed by atoms with Gasteiger partial charge in [0.1, 0.15) is 10.8 Å². The molecular formula is C20H22ClFN2O2S. The number of rotatable bonds is 3. The lowest BCUT2D eigenvalue weighted by atomic mass is 9.72. The van der Waals surface area contributed by atoms with Gasteiger partial charge in [0.05, 0.1) is 16.1 Å². The summed E-state index contributed by atoms with van der Waals surface area (Å²) in [5, 5.41) is 3.04. The SMILES string of the molecule is CC(C)(C)C1CCc2c(sc(NC(=O)c3c(F)cccc3Cl)c2C(N)=O)C1. The van der Waals surface area contributed by atoms with Gasteiger partial charge in [-0.3, -0.25) is 9.59 Å². The fourth-order valence-corrected chi connectivity index (χ4v) is 5.13. The molecular weight excluding hydrogens is 387 g/mol. The number of anilines is 1. The van der Waals surface area contributed by atoms with Crippen molar-refractivity contribution in [2.75, 3.05) is 5.32 Å². The number of halogens is 2. The van der Waals surface area contributed by atoms with Crippen molar-refractivity contribution in [3.63, 3.8) is 0 Å². The molecule has 0 radical (unpaired) electrons. The zero-order chi connectivity index (χ0) is 19.9. The Morgan fingerprint density at radius 3 is 2.59 bits per heavy atom. The fourth-order valence-electron chi connectivity index (χ4n) is 3.55. The first-order valence-corrected chi connectivity index (χ1v) is 9.98. The van der Waals surface area contributed by atoms with E-state index in [1.165, 1.54) is 29.5 Å². The molecule has 0 aliphatic heterocycles. The van der Waals surface area contributed by atoms with Crippen molar-refractivity contribution >= 4 is 39.8 Å². The molecule has 1 aromatic carbocycles. The van der Waals surface area contributed by atoms with E-state index in [1.54, 1.807) is 0 Å². The van der Waals surface area contributed by atoms with E-state index in [1.807, 2.05) is 0 Å². The average molecular weight is 409 g/mol. The van der Waals surface area contributed by atoms with Gasteiger partial charge in [0.2, 0.25) is 0 Å². The monoisotopic (exact) mass is 408 g/mol. The molecule has 0 saturated heterocycles. The Kier molecular flexibility index (Phi) is 5.32. The molecule has 1 aliphatic carbocycles. The van der Waals surface area contributed by atoms with E-state index < -0.39 is 17.6 Å². The second kappa shape index (κ2) is 7.24. The number of thiophene rings is 1. The van der Waals surface area contributed by atoms with Crippen molar-refractivity contribution < 1.29 is 14.0 Å². The summed E-state index contributed by atoms with van der Waals surface area (Å²) in [6.45, 7) is 6.61. The summed E-state index contributed by atoms with van der Waals surface area (Å²) in [5.74, 6) is -1.51. The third kappa shape index (κ3) is 3.87. The quantitative estimate of drug-likeness (QED) is 0.746. The molecule has 0 bridgehead atoms. The molecule has 3 N–H and O–H groups in total. The van der Waals surface area contributed by atoms with Gasteiger partial charge in [0, 0.05) is 4.88 Å². The van der Waals surface area contributed by atoms with E-state index in [9.17, 15) is 14.0 Å². The van der Waals surface area contributed by atoms with Crippen LogP contribution in [0.4, 0.5) is 9.39 Å². The number of amides is 2. The summed E-state index contributed by atoms with van der Waals surface area (Å²) in [6.07, 6.45) is 2.53. The van der Waals surface area contributed by atoms with Crippen LogP contribution in [0.15, 0.2) is 18.2 Å². The van der Waals surface area contributed by atoms with E-state index in [4.69, 9.17) is 17.3 Å². The highest BCUT2D eigenvalue weighted by atomic mass is 35.5. The van der Waals surface area contributed by atoms with Crippen LogP contribution >= 0.6 is 22.9 Å². The molecule has 0 saturated carbocycles. The van der Waals surface area contributed by atoms with Crippen molar-refractivity contribution in [3.05, 3.63) is 50.6 Å². The summed E-state index contributed by atoms with van der Waals surface area (Å²) in [6, 6.07) is 4.05. The molecule has 1 aromatic heterocycles. The lowest BCUT2D eigenvalue weighted by molar-refractivity contribution is 0.1000. The smallest absolute Gasteiger partial charge is 0.260 e. The molecule has 0 fully saturated rings. The number of carbonyl (C=O) groups is 2. The molecule has 2 amide bonds. The van der Waals surface area contributed by atoms with Crippen LogP contribution in [0.3, 0.4) is 0 Å². The van der Waals surface area contributed by atoms with Gasteiger partial charge in [-0.05, 0) is 48.3 Å². The van der Waals surface area contributed by atoms with Gasteiger partial charge in [-0.15, -0.1) is 11.3 Å². The lowest BCUT2D eigenvalue weighted by Crippen LogP contribution is -2.27. The van der Waals surface area contributed by atoms with E-state index in [-0.39, 0.29) is 16.0 Å². The number of carbonyl (C=O) groups excluding carboxylic acids is 2. The maximum Gasteiger partial charge on any atom is 0.260 e.